The normalized spacial score (nSPS) is 10.6. The summed E-state index contributed by atoms with van der Waals surface area (Å²) in [4.78, 5) is 0. The molecule has 25 heavy (non-hydrogen) atoms. The highest BCUT2D eigenvalue weighted by Crippen LogP contribution is 2.19. The zero-order chi connectivity index (χ0) is 17.5. The first-order valence-corrected chi connectivity index (χ1v) is 9.01. The molecular formula is C22H26N2O. The van der Waals surface area contributed by atoms with E-state index in [1.807, 2.05) is 12.1 Å². The van der Waals surface area contributed by atoms with Crippen LogP contribution in [0.15, 0.2) is 65.1 Å². The van der Waals surface area contributed by atoms with Crippen molar-refractivity contribution in [2.75, 3.05) is 10.6 Å². The minimum Gasteiger partial charge on any atom is -0.462 e. The SMILES string of the molecule is CCc1ccccc1NCc1ccc(CNc2ccccc2CC)o1. The van der Waals surface area contributed by atoms with E-state index in [9.17, 15) is 0 Å². The van der Waals surface area contributed by atoms with E-state index in [1.54, 1.807) is 0 Å². The van der Waals surface area contributed by atoms with E-state index >= 15 is 0 Å². The Labute approximate surface area is 150 Å². The third-order valence-corrected chi connectivity index (χ3v) is 4.42. The molecule has 0 spiro atoms. The number of rotatable bonds is 8. The molecule has 3 nitrogen and oxygen atoms in total. The first-order valence-electron chi connectivity index (χ1n) is 9.01. The van der Waals surface area contributed by atoms with Crippen LogP contribution in [-0.4, -0.2) is 0 Å². The summed E-state index contributed by atoms with van der Waals surface area (Å²) in [6.07, 6.45) is 2.04. The Bertz CT molecular complexity index is 741. The smallest absolute Gasteiger partial charge is 0.123 e. The van der Waals surface area contributed by atoms with Gasteiger partial charge in [-0.25, -0.2) is 0 Å². The number of hydrogen-bond acceptors (Lipinski definition) is 3. The minimum absolute atomic E-state index is 0.697. The topological polar surface area (TPSA) is 37.2 Å². The van der Waals surface area contributed by atoms with Gasteiger partial charge in [0.25, 0.3) is 0 Å². The molecule has 0 aliphatic heterocycles. The van der Waals surface area contributed by atoms with Gasteiger partial charge in [0.2, 0.25) is 0 Å². The zero-order valence-corrected chi connectivity index (χ0v) is 15.0. The summed E-state index contributed by atoms with van der Waals surface area (Å²) in [5.41, 5.74) is 5.01. The van der Waals surface area contributed by atoms with Gasteiger partial charge in [0.05, 0.1) is 13.1 Å². The van der Waals surface area contributed by atoms with Crippen molar-refractivity contribution in [1.29, 1.82) is 0 Å². The fraction of sp³-hybridized carbons (Fsp3) is 0.273. The number of aryl methyl sites for hydroxylation is 2. The lowest BCUT2D eigenvalue weighted by Crippen LogP contribution is -2.02. The maximum absolute atomic E-state index is 5.95. The van der Waals surface area contributed by atoms with E-state index in [0.717, 1.165) is 24.4 Å². The van der Waals surface area contributed by atoms with Crippen LogP contribution in [0.1, 0.15) is 36.5 Å². The molecular weight excluding hydrogens is 308 g/mol. The second-order valence-electron chi connectivity index (χ2n) is 6.10. The van der Waals surface area contributed by atoms with E-state index in [-0.39, 0.29) is 0 Å². The third-order valence-electron chi connectivity index (χ3n) is 4.42. The van der Waals surface area contributed by atoms with Crippen LogP contribution >= 0.6 is 0 Å². The van der Waals surface area contributed by atoms with Crippen molar-refractivity contribution in [1.82, 2.24) is 0 Å². The van der Waals surface area contributed by atoms with Crippen molar-refractivity contribution in [3.63, 3.8) is 0 Å². The molecule has 0 aliphatic carbocycles. The van der Waals surface area contributed by atoms with Gasteiger partial charge in [-0.05, 0) is 48.2 Å². The van der Waals surface area contributed by atoms with Crippen molar-refractivity contribution >= 4 is 11.4 Å². The molecule has 0 saturated heterocycles. The van der Waals surface area contributed by atoms with E-state index < -0.39 is 0 Å². The van der Waals surface area contributed by atoms with Gasteiger partial charge in [0.15, 0.2) is 0 Å². The third kappa shape index (κ3) is 4.44. The molecule has 0 fully saturated rings. The lowest BCUT2D eigenvalue weighted by molar-refractivity contribution is 0.477. The summed E-state index contributed by atoms with van der Waals surface area (Å²) in [6.45, 7) is 5.74. The standard InChI is InChI=1S/C22H26N2O/c1-3-17-9-5-7-11-21(17)23-15-19-13-14-20(25-19)16-24-22-12-8-6-10-18(22)4-2/h5-14,23-24H,3-4,15-16H2,1-2H3. The van der Waals surface area contributed by atoms with Crippen LogP contribution in [0.3, 0.4) is 0 Å². The predicted octanol–water partition coefficient (Wildman–Crippen LogP) is 5.63. The zero-order valence-electron chi connectivity index (χ0n) is 15.0. The summed E-state index contributed by atoms with van der Waals surface area (Å²) < 4.78 is 5.95. The first-order chi connectivity index (χ1) is 12.3. The van der Waals surface area contributed by atoms with Gasteiger partial charge in [-0.2, -0.15) is 0 Å². The molecule has 0 aliphatic rings. The Hall–Kier alpha value is -2.68. The second-order valence-corrected chi connectivity index (χ2v) is 6.10. The van der Waals surface area contributed by atoms with Crippen LogP contribution in [0, 0.1) is 0 Å². The Morgan fingerprint density at radius 1 is 0.640 bits per heavy atom. The molecule has 3 rings (SSSR count). The fourth-order valence-corrected chi connectivity index (χ4v) is 2.98. The van der Waals surface area contributed by atoms with Gasteiger partial charge in [-0.3, -0.25) is 0 Å². The molecule has 1 heterocycles. The molecule has 0 amide bonds. The van der Waals surface area contributed by atoms with Gasteiger partial charge in [-0.15, -0.1) is 0 Å². The molecule has 1 aromatic heterocycles. The quantitative estimate of drug-likeness (QED) is 0.560. The van der Waals surface area contributed by atoms with Crippen LogP contribution in [0.4, 0.5) is 11.4 Å². The van der Waals surface area contributed by atoms with E-state index in [4.69, 9.17) is 4.42 Å². The van der Waals surface area contributed by atoms with Gasteiger partial charge in [0, 0.05) is 11.4 Å². The van der Waals surface area contributed by atoms with E-state index in [0.29, 0.717) is 13.1 Å². The molecule has 0 radical (unpaired) electrons. The minimum atomic E-state index is 0.697. The lowest BCUT2D eigenvalue weighted by atomic mass is 10.1. The molecule has 0 bridgehead atoms. The number of nitrogens with one attached hydrogen (secondary N) is 2. The molecule has 2 N–H and O–H groups in total. The number of benzene rings is 2. The molecule has 2 aromatic carbocycles. The maximum atomic E-state index is 5.95. The average molecular weight is 334 g/mol. The Morgan fingerprint density at radius 2 is 1.08 bits per heavy atom. The predicted molar refractivity (Wildman–Crippen MR) is 105 cm³/mol. The Morgan fingerprint density at radius 3 is 1.52 bits per heavy atom. The Balaban J connectivity index is 1.57. The van der Waals surface area contributed by atoms with Crippen LogP contribution in [-0.2, 0) is 25.9 Å². The van der Waals surface area contributed by atoms with Crippen molar-refractivity contribution in [3.8, 4) is 0 Å². The molecule has 0 saturated carbocycles. The summed E-state index contributed by atoms with van der Waals surface area (Å²) in [5.74, 6) is 1.90. The first kappa shape index (κ1) is 17.2. The molecule has 0 atom stereocenters. The molecule has 3 aromatic rings. The molecule has 0 unspecified atom stereocenters. The summed E-state index contributed by atoms with van der Waals surface area (Å²) in [6, 6.07) is 20.9. The van der Waals surface area contributed by atoms with Crippen molar-refractivity contribution in [2.24, 2.45) is 0 Å². The van der Waals surface area contributed by atoms with Gasteiger partial charge < -0.3 is 15.1 Å². The van der Waals surface area contributed by atoms with Crippen LogP contribution < -0.4 is 10.6 Å². The van der Waals surface area contributed by atoms with Gasteiger partial charge in [0.1, 0.15) is 11.5 Å². The van der Waals surface area contributed by atoms with Crippen LogP contribution in [0.2, 0.25) is 0 Å². The highest BCUT2D eigenvalue weighted by molar-refractivity contribution is 5.52. The molecule has 130 valence electrons. The summed E-state index contributed by atoms with van der Waals surface area (Å²) >= 11 is 0. The van der Waals surface area contributed by atoms with Crippen molar-refractivity contribution < 1.29 is 4.42 Å². The summed E-state index contributed by atoms with van der Waals surface area (Å²) in [5, 5.41) is 6.94. The fourth-order valence-electron chi connectivity index (χ4n) is 2.98. The second kappa shape index (κ2) is 8.43. The maximum Gasteiger partial charge on any atom is 0.123 e. The Kier molecular flexibility index (Phi) is 5.78. The number of hydrogen-bond donors (Lipinski definition) is 2. The number of para-hydroxylation sites is 2. The van der Waals surface area contributed by atoms with Gasteiger partial charge in [-0.1, -0.05) is 50.2 Å². The monoisotopic (exact) mass is 334 g/mol. The van der Waals surface area contributed by atoms with Gasteiger partial charge >= 0.3 is 0 Å². The summed E-state index contributed by atoms with van der Waals surface area (Å²) in [7, 11) is 0. The number of anilines is 2. The van der Waals surface area contributed by atoms with E-state index in [1.165, 1.54) is 22.5 Å². The lowest BCUT2D eigenvalue weighted by Gasteiger charge is -2.10. The average Bonchev–Trinajstić information content (AvgIpc) is 3.13. The van der Waals surface area contributed by atoms with Crippen molar-refractivity contribution in [2.45, 2.75) is 39.8 Å². The van der Waals surface area contributed by atoms with Crippen LogP contribution in [0.5, 0.6) is 0 Å². The van der Waals surface area contributed by atoms with Crippen LogP contribution in [0.25, 0.3) is 0 Å². The van der Waals surface area contributed by atoms with Crippen molar-refractivity contribution in [3.05, 3.63) is 83.3 Å². The highest BCUT2D eigenvalue weighted by Gasteiger charge is 2.05. The van der Waals surface area contributed by atoms with E-state index in [2.05, 4.69) is 73.0 Å². The largest absolute Gasteiger partial charge is 0.462 e. The highest BCUT2D eigenvalue weighted by atomic mass is 16.3. The number of furan rings is 1. The molecule has 3 heteroatoms.